The zero-order valence-corrected chi connectivity index (χ0v) is 12.5. The summed E-state index contributed by atoms with van der Waals surface area (Å²) in [6.45, 7) is 0.690. The fourth-order valence-electron chi connectivity index (χ4n) is 1.59. The number of halogens is 2. The monoisotopic (exact) mass is 358 g/mol. The highest BCUT2D eigenvalue weighted by Gasteiger charge is 2.08. The van der Waals surface area contributed by atoms with Gasteiger partial charge in [0, 0.05) is 22.4 Å². The van der Waals surface area contributed by atoms with Crippen LogP contribution in [0.3, 0.4) is 0 Å². The van der Waals surface area contributed by atoms with Gasteiger partial charge in [-0.1, -0.05) is 15.9 Å². The highest BCUT2D eigenvalue weighted by Crippen LogP contribution is 2.32. The molecule has 0 amide bonds. The number of nitrogens with one attached hydrogen (secondary N) is 1. The molecule has 0 saturated heterocycles. The SMILES string of the molecule is COc1c(Br)cc(Br)cc1CNn1cccc1. The minimum Gasteiger partial charge on any atom is -0.495 e. The third-order valence-electron chi connectivity index (χ3n) is 2.35. The first-order valence-corrected chi connectivity index (χ1v) is 6.68. The van der Waals surface area contributed by atoms with Crippen LogP contribution in [-0.4, -0.2) is 11.8 Å². The van der Waals surface area contributed by atoms with Crippen molar-refractivity contribution in [3.8, 4) is 5.75 Å². The fourth-order valence-corrected chi connectivity index (χ4v) is 3.07. The van der Waals surface area contributed by atoms with Gasteiger partial charge in [-0.05, 0) is 40.2 Å². The predicted octanol–water partition coefficient (Wildman–Crippen LogP) is 3.77. The Morgan fingerprint density at radius 2 is 1.94 bits per heavy atom. The average molecular weight is 360 g/mol. The van der Waals surface area contributed by atoms with Crippen LogP contribution in [0.1, 0.15) is 5.56 Å². The zero-order chi connectivity index (χ0) is 12.3. The molecule has 17 heavy (non-hydrogen) atoms. The molecule has 0 radical (unpaired) electrons. The fraction of sp³-hybridized carbons (Fsp3) is 0.167. The smallest absolute Gasteiger partial charge is 0.138 e. The van der Waals surface area contributed by atoms with E-state index in [4.69, 9.17) is 4.74 Å². The van der Waals surface area contributed by atoms with E-state index >= 15 is 0 Å². The number of benzene rings is 1. The Labute approximate surface area is 117 Å². The van der Waals surface area contributed by atoms with Crippen LogP contribution in [0.15, 0.2) is 45.6 Å². The van der Waals surface area contributed by atoms with E-state index in [-0.39, 0.29) is 0 Å². The highest BCUT2D eigenvalue weighted by molar-refractivity contribution is 9.11. The number of rotatable bonds is 4. The second-order valence-electron chi connectivity index (χ2n) is 3.51. The van der Waals surface area contributed by atoms with E-state index in [1.165, 1.54) is 0 Å². The van der Waals surface area contributed by atoms with Crippen molar-refractivity contribution in [2.75, 3.05) is 12.5 Å². The largest absolute Gasteiger partial charge is 0.495 e. The molecule has 0 fully saturated rings. The van der Waals surface area contributed by atoms with Crippen molar-refractivity contribution < 1.29 is 4.74 Å². The molecule has 1 heterocycles. The Bertz CT molecular complexity index is 497. The summed E-state index contributed by atoms with van der Waals surface area (Å²) in [5, 5.41) is 0. The van der Waals surface area contributed by atoms with Gasteiger partial charge < -0.3 is 10.2 Å². The van der Waals surface area contributed by atoms with E-state index in [0.29, 0.717) is 6.54 Å². The number of nitrogens with zero attached hydrogens (tertiary/aromatic N) is 1. The van der Waals surface area contributed by atoms with Gasteiger partial charge in [-0.3, -0.25) is 4.68 Å². The average Bonchev–Trinajstić information content (AvgIpc) is 2.78. The van der Waals surface area contributed by atoms with E-state index in [1.54, 1.807) is 7.11 Å². The molecule has 1 aromatic heterocycles. The topological polar surface area (TPSA) is 26.2 Å². The summed E-state index contributed by atoms with van der Waals surface area (Å²) in [5.74, 6) is 0.854. The van der Waals surface area contributed by atoms with Gasteiger partial charge in [0.15, 0.2) is 0 Å². The molecule has 5 heteroatoms. The van der Waals surface area contributed by atoms with Crippen molar-refractivity contribution in [1.29, 1.82) is 0 Å². The van der Waals surface area contributed by atoms with Crippen LogP contribution in [0.2, 0.25) is 0 Å². The van der Waals surface area contributed by atoms with Crippen LogP contribution in [0.4, 0.5) is 0 Å². The summed E-state index contributed by atoms with van der Waals surface area (Å²) in [6.07, 6.45) is 3.92. The molecule has 0 bridgehead atoms. The molecule has 0 aliphatic rings. The summed E-state index contributed by atoms with van der Waals surface area (Å²) in [5.41, 5.74) is 4.35. The molecule has 3 nitrogen and oxygen atoms in total. The number of methoxy groups -OCH3 is 1. The lowest BCUT2D eigenvalue weighted by Crippen LogP contribution is -2.12. The molecule has 0 saturated carbocycles. The first-order chi connectivity index (χ1) is 8.20. The summed E-state index contributed by atoms with van der Waals surface area (Å²) in [4.78, 5) is 0. The van der Waals surface area contributed by atoms with Crippen LogP contribution < -0.4 is 10.2 Å². The molecular weight excluding hydrogens is 348 g/mol. The maximum absolute atomic E-state index is 5.38. The molecule has 1 N–H and O–H groups in total. The number of ether oxygens (including phenoxy) is 1. The Morgan fingerprint density at radius 1 is 1.24 bits per heavy atom. The number of hydrogen-bond donors (Lipinski definition) is 1. The van der Waals surface area contributed by atoms with Gasteiger partial charge in [0.25, 0.3) is 0 Å². The Morgan fingerprint density at radius 3 is 2.59 bits per heavy atom. The van der Waals surface area contributed by atoms with Crippen LogP contribution in [0, 0.1) is 0 Å². The second-order valence-corrected chi connectivity index (χ2v) is 5.28. The predicted molar refractivity (Wildman–Crippen MR) is 75.9 cm³/mol. The third-order valence-corrected chi connectivity index (χ3v) is 3.39. The van der Waals surface area contributed by atoms with Gasteiger partial charge in [-0.25, -0.2) is 0 Å². The summed E-state index contributed by atoms with van der Waals surface area (Å²) in [6, 6.07) is 7.96. The highest BCUT2D eigenvalue weighted by atomic mass is 79.9. The van der Waals surface area contributed by atoms with Gasteiger partial charge in [0.05, 0.1) is 18.1 Å². The van der Waals surface area contributed by atoms with Crippen molar-refractivity contribution >= 4 is 31.9 Å². The van der Waals surface area contributed by atoms with Gasteiger partial charge in [-0.2, -0.15) is 0 Å². The van der Waals surface area contributed by atoms with E-state index in [2.05, 4.69) is 37.3 Å². The lowest BCUT2D eigenvalue weighted by atomic mass is 10.2. The number of hydrogen-bond acceptors (Lipinski definition) is 2. The molecule has 0 atom stereocenters. The maximum atomic E-state index is 5.38. The third kappa shape index (κ3) is 3.04. The molecule has 0 unspecified atom stereocenters. The van der Waals surface area contributed by atoms with Crippen molar-refractivity contribution in [3.05, 3.63) is 51.2 Å². The molecule has 1 aromatic carbocycles. The molecule has 0 aliphatic carbocycles. The van der Waals surface area contributed by atoms with E-state index in [0.717, 1.165) is 20.3 Å². The van der Waals surface area contributed by atoms with Gasteiger partial charge in [-0.15, -0.1) is 0 Å². The minimum absolute atomic E-state index is 0.690. The minimum atomic E-state index is 0.690. The van der Waals surface area contributed by atoms with Crippen molar-refractivity contribution in [1.82, 2.24) is 4.68 Å². The van der Waals surface area contributed by atoms with Crippen molar-refractivity contribution in [2.45, 2.75) is 6.54 Å². The van der Waals surface area contributed by atoms with E-state index < -0.39 is 0 Å². The van der Waals surface area contributed by atoms with Crippen molar-refractivity contribution in [2.24, 2.45) is 0 Å². The molecule has 0 spiro atoms. The lowest BCUT2D eigenvalue weighted by molar-refractivity contribution is 0.407. The molecule has 0 aliphatic heterocycles. The summed E-state index contributed by atoms with van der Waals surface area (Å²) in [7, 11) is 1.67. The summed E-state index contributed by atoms with van der Waals surface area (Å²) >= 11 is 6.96. The van der Waals surface area contributed by atoms with Crippen molar-refractivity contribution in [3.63, 3.8) is 0 Å². The molecular formula is C12H12Br2N2O. The molecule has 2 rings (SSSR count). The first-order valence-electron chi connectivity index (χ1n) is 5.09. The zero-order valence-electron chi connectivity index (χ0n) is 9.28. The first kappa shape index (κ1) is 12.5. The van der Waals surface area contributed by atoms with Crippen LogP contribution in [0.25, 0.3) is 0 Å². The second kappa shape index (κ2) is 5.60. The van der Waals surface area contributed by atoms with Gasteiger partial charge >= 0.3 is 0 Å². The number of aromatic nitrogens is 1. The quantitative estimate of drug-likeness (QED) is 0.899. The van der Waals surface area contributed by atoms with Gasteiger partial charge in [0.1, 0.15) is 5.75 Å². The molecule has 2 aromatic rings. The maximum Gasteiger partial charge on any atom is 0.138 e. The van der Waals surface area contributed by atoms with Crippen LogP contribution in [-0.2, 0) is 6.54 Å². The molecule has 90 valence electrons. The Hall–Kier alpha value is -0.940. The van der Waals surface area contributed by atoms with E-state index in [9.17, 15) is 0 Å². The Balaban J connectivity index is 2.19. The van der Waals surface area contributed by atoms with E-state index in [1.807, 2.05) is 41.3 Å². The van der Waals surface area contributed by atoms with Crippen LogP contribution in [0.5, 0.6) is 5.75 Å². The lowest BCUT2D eigenvalue weighted by Gasteiger charge is -2.13. The standard InChI is InChI=1S/C12H12Br2N2O/c1-17-12-9(6-10(13)7-11(12)14)8-15-16-4-2-3-5-16/h2-7,15H,8H2,1H3. The Kier molecular flexibility index (Phi) is 4.12. The summed E-state index contributed by atoms with van der Waals surface area (Å²) < 4.78 is 9.26. The van der Waals surface area contributed by atoms with Crippen LogP contribution >= 0.6 is 31.9 Å². The normalized spacial score (nSPS) is 10.3. The van der Waals surface area contributed by atoms with Gasteiger partial charge in [0.2, 0.25) is 0 Å².